The van der Waals surface area contributed by atoms with Gasteiger partial charge in [0.15, 0.2) is 0 Å². The minimum Gasteiger partial charge on any atom is -0.465 e. The standard InChI is InChI=1S/C25H29F3N2O4/c1-34-24(33)20-9-7-18(8-10-20)11-15-30-23(32)6-3-13-29(30)14-12-22(31)17-19-4-2-5-21(16-19)25(26,27)28/h2,4-5,7-10,16,22,31H,3,6,11-15,17H2,1H3. The predicted molar refractivity (Wildman–Crippen MR) is 120 cm³/mol. The van der Waals surface area contributed by atoms with Crippen molar-refractivity contribution in [3.63, 3.8) is 0 Å². The van der Waals surface area contributed by atoms with Crippen LogP contribution in [0, 0.1) is 0 Å². The maximum atomic E-state index is 12.9. The summed E-state index contributed by atoms with van der Waals surface area (Å²) in [5, 5.41) is 14.0. The second kappa shape index (κ2) is 11.5. The van der Waals surface area contributed by atoms with Crippen LogP contribution in [-0.4, -0.2) is 59.8 Å². The Kier molecular flexibility index (Phi) is 8.68. The Morgan fingerprint density at radius 1 is 1.12 bits per heavy atom. The molecule has 0 aliphatic carbocycles. The van der Waals surface area contributed by atoms with Gasteiger partial charge in [-0.2, -0.15) is 13.2 Å². The molecule has 2 aromatic carbocycles. The number of amides is 1. The monoisotopic (exact) mass is 478 g/mol. The molecule has 1 N–H and O–H groups in total. The lowest BCUT2D eigenvalue weighted by atomic mass is 10.0. The van der Waals surface area contributed by atoms with Crippen molar-refractivity contribution in [2.75, 3.05) is 26.7 Å². The Bertz CT molecular complexity index is 979. The van der Waals surface area contributed by atoms with Gasteiger partial charge in [0, 0.05) is 26.1 Å². The number of carbonyl (C=O) groups is 2. The molecule has 2 aromatic rings. The first kappa shape index (κ1) is 25.7. The van der Waals surface area contributed by atoms with E-state index in [0.717, 1.165) is 17.7 Å². The maximum Gasteiger partial charge on any atom is 0.416 e. The van der Waals surface area contributed by atoms with E-state index >= 15 is 0 Å². The summed E-state index contributed by atoms with van der Waals surface area (Å²) in [6.07, 6.45) is -3.05. The fraction of sp³-hybridized carbons (Fsp3) is 0.440. The third-order valence-electron chi connectivity index (χ3n) is 5.87. The van der Waals surface area contributed by atoms with Gasteiger partial charge >= 0.3 is 12.1 Å². The van der Waals surface area contributed by atoms with E-state index in [1.807, 2.05) is 17.1 Å². The third-order valence-corrected chi connectivity index (χ3v) is 5.87. The number of hydrazine groups is 1. The molecular weight excluding hydrogens is 449 g/mol. The highest BCUT2D eigenvalue weighted by atomic mass is 19.4. The molecule has 184 valence electrons. The largest absolute Gasteiger partial charge is 0.465 e. The fourth-order valence-electron chi connectivity index (χ4n) is 4.03. The van der Waals surface area contributed by atoms with Gasteiger partial charge in [0.2, 0.25) is 5.91 Å². The first-order chi connectivity index (χ1) is 16.2. The van der Waals surface area contributed by atoms with Crippen LogP contribution in [0.3, 0.4) is 0 Å². The molecule has 9 heteroatoms. The SMILES string of the molecule is COC(=O)c1ccc(CCN2C(=O)CCCN2CCC(O)Cc2cccc(C(F)(F)F)c2)cc1. The van der Waals surface area contributed by atoms with Crippen molar-refractivity contribution < 1.29 is 32.6 Å². The molecule has 0 radical (unpaired) electrons. The zero-order valence-electron chi connectivity index (χ0n) is 19.1. The van der Waals surface area contributed by atoms with Crippen molar-refractivity contribution >= 4 is 11.9 Å². The van der Waals surface area contributed by atoms with Crippen LogP contribution < -0.4 is 0 Å². The molecule has 0 aromatic heterocycles. The van der Waals surface area contributed by atoms with E-state index < -0.39 is 23.8 Å². The van der Waals surface area contributed by atoms with Crippen molar-refractivity contribution in [3.8, 4) is 0 Å². The fourth-order valence-corrected chi connectivity index (χ4v) is 4.03. The van der Waals surface area contributed by atoms with E-state index in [4.69, 9.17) is 4.74 Å². The van der Waals surface area contributed by atoms with Crippen molar-refractivity contribution in [3.05, 3.63) is 70.8 Å². The lowest BCUT2D eigenvalue weighted by Gasteiger charge is -2.39. The summed E-state index contributed by atoms with van der Waals surface area (Å²) in [6, 6.07) is 12.0. The third kappa shape index (κ3) is 7.04. The Balaban J connectivity index is 1.54. The number of alkyl halides is 3. The molecule has 0 bridgehead atoms. The number of aliphatic hydroxyl groups is 1. The lowest BCUT2D eigenvalue weighted by Crippen LogP contribution is -2.52. The molecule has 3 rings (SSSR count). The molecule has 1 aliphatic heterocycles. The summed E-state index contributed by atoms with van der Waals surface area (Å²) in [4.78, 5) is 24.1. The normalized spacial score (nSPS) is 15.9. The Morgan fingerprint density at radius 2 is 1.85 bits per heavy atom. The highest BCUT2D eigenvalue weighted by molar-refractivity contribution is 5.89. The van der Waals surface area contributed by atoms with Gasteiger partial charge in [0.05, 0.1) is 24.3 Å². The number of carbonyl (C=O) groups excluding carboxylic acids is 2. The number of hydrogen-bond acceptors (Lipinski definition) is 5. The molecule has 1 fully saturated rings. The molecule has 1 saturated heterocycles. The summed E-state index contributed by atoms with van der Waals surface area (Å²) < 4.78 is 43.4. The van der Waals surface area contributed by atoms with E-state index in [1.54, 1.807) is 23.2 Å². The smallest absolute Gasteiger partial charge is 0.416 e. The topological polar surface area (TPSA) is 70.1 Å². The van der Waals surface area contributed by atoms with Gasteiger partial charge in [-0.05, 0) is 55.0 Å². The summed E-state index contributed by atoms with van der Waals surface area (Å²) in [6.45, 7) is 1.55. The number of benzene rings is 2. The number of esters is 1. The highest BCUT2D eigenvalue weighted by Crippen LogP contribution is 2.30. The van der Waals surface area contributed by atoms with Crippen molar-refractivity contribution in [2.24, 2.45) is 0 Å². The average Bonchev–Trinajstić information content (AvgIpc) is 2.81. The quantitative estimate of drug-likeness (QED) is 0.555. The van der Waals surface area contributed by atoms with Crippen LogP contribution in [0.15, 0.2) is 48.5 Å². The van der Waals surface area contributed by atoms with Gasteiger partial charge in [0.1, 0.15) is 0 Å². The van der Waals surface area contributed by atoms with Crippen LogP contribution >= 0.6 is 0 Å². The molecule has 1 aliphatic rings. The van der Waals surface area contributed by atoms with Crippen molar-refractivity contribution in [1.29, 1.82) is 0 Å². The summed E-state index contributed by atoms with van der Waals surface area (Å²) in [5.41, 5.74) is 1.11. The number of rotatable bonds is 9. The molecule has 1 amide bonds. The van der Waals surface area contributed by atoms with E-state index in [1.165, 1.54) is 13.2 Å². The predicted octanol–water partition coefficient (Wildman–Crippen LogP) is 3.87. The van der Waals surface area contributed by atoms with Gasteiger partial charge in [-0.3, -0.25) is 9.80 Å². The molecule has 34 heavy (non-hydrogen) atoms. The molecule has 0 spiro atoms. The van der Waals surface area contributed by atoms with Gasteiger partial charge in [-0.1, -0.05) is 30.3 Å². The minimum absolute atomic E-state index is 0.00444. The average molecular weight is 479 g/mol. The molecular formula is C25H29F3N2O4. The van der Waals surface area contributed by atoms with Crippen LogP contribution in [0.25, 0.3) is 0 Å². The van der Waals surface area contributed by atoms with Crippen LogP contribution in [0.5, 0.6) is 0 Å². The second-order valence-corrected chi connectivity index (χ2v) is 8.36. The number of nitrogens with zero attached hydrogens (tertiary/aromatic N) is 2. The minimum atomic E-state index is -4.42. The molecule has 1 atom stereocenters. The number of ether oxygens (including phenoxy) is 1. The molecule has 1 heterocycles. The zero-order valence-corrected chi connectivity index (χ0v) is 19.1. The lowest BCUT2D eigenvalue weighted by molar-refractivity contribution is -0.156. The van der Waals surface area contributed by atoms with E-state index in [2.05, 4.69) is 0 Å². The first-order valence-corrected chi connectivity index (χ1v) is 11.2. The Labute approximate surface area is 196 Å². The van der Waals surface area contributed by atoms with E-state index in [0.29, 0.717) is 56.4 Å². The van der Waals surface area contributed by atoms with Crippen LogP contribution in [0.2, 0.25) is 0 Å². The van der Waals surface area contributed by atoms with Gasteiger partial charge < -0.3 is 9.84 Å². The summed E-state index contributed by atoms with van der Waals surface area (Å²) >= 11 is 0. The van der Waals surface area contributed by atoms with Gasteiger partial charge in [0.25, 0.3) is 0 Å². The van der Waals surface area contributed by atoms with Crippen molar-refractivity contribution in [1.82, 2.24) is 10.0 Å². The van der Waals surface area contributed by atoms with Gasteiger partial charge in [-0.25, -0.2) is 9.80 Å². The van der Waals surface area contributed by atoms with E-state index in [9.17, 15) is 27.9 Å². The van der Waals surface area contributed by atoms with Crippen LogP contribution in [0.4, 0.5) is 13.2 Å². The van der Waals surface area contributed by atoms with Gasteiger partial charge in [-0.15, -0.1) is 0 Å². The maximum absolute atomic E-state index is 12.9. The Hall–Kier alpha value is -2.91. The summed E-state index contributed by atoms with van der Waals surface area (Å²) in [5.74, 6) is -0.405. The highest BCUT2D eigenvalue weighted by Gasteiger charge is 2.30. The second-order valence-electron chi connectivity index (χ2n) is 8.36. The van der Waals surface area contributed by atoms with E-state index in [-0.39, 0.29) is 12.3 Å². The summed E-state index contributed by atoms with van der Waals surface area (Å²) in [7, 11) is 1.32. The zero-order chi connectivity index (χ0) is 24.7. The van der Waals surface area contributed by atoms with Crippen LogP contribution in [0.1, 0.15) is 46.3 Å². The molecule has 0 saturated carbocycles. The van der Waals surface area contributed by atoms with Crippen LogP contribution in [-0.2, 0) is 28.5 Å². The molecule has 1 unspecified atom stereocenters. The molecule has 6 nitrogen and oxygen atoms in total. The number of hydrogen-bond donors (Lipinski definition) is 1. The number of methoxy groups -OCH3 is 1. The Morgan fingerprint density at radius 3 is 2.53 bits per heavy atom. The number of aliphatic hydroxyl groups excluding tert-OH is 1. The first-order valence-electron chi connectivity index (χ1n) is 11.2. The number of halogens is 3. The van der Waals surface area contributed by atoms with Crippen molar-refractivity contribution in [2.45, 2.75) is 44.4 Å².